The van der Waals surface area contributed by atoms with Crippen LogP contribution in [0.15, 0.2) is 0 Å². The number of amides is 1. The summed E-state index contributed by atoms with van der Waals surface area (Å²) in [6, 6.07) is 0. The first kappa shape index (κ1) is 8.36. The number of hydrogen-bond acceptors (Lipinski definition) is 1. The topological polar surface area (TPSA) is 20.3 Å². The number of carbonyl (C=O) groups excluding carboxylic acids is 1. The Labute approximate surface area is 62.0 Å². The highest BCUT2D eigenvalue weighted by Gasteiger charge is 2.45. The number of likely N-dealkylation sites (tertiary alicyclic amines) is 1. The van der Waals surface area contributed by atoms with Gasteiger partial charge in [-0.15, -0.1) is 13.2 Å². The van der Waals surface area contributed by atoms with Crippen molar-refractivity contribution in [3.05, 3.63) is 0 Å². The molecule has 1 rings (SSSR count). The zero-order valence-corrected chi connectivity index (χ0v) is 5.98. The van der Waals surface area contributed by atoms with E-state index in [2.05, 4.69) is 0 Å². The second kappa shape index (κ2) is 2.39. The zero-order chi connectivity index (χ0) is 8.65. The van der Waals surface area contributed by atoms with Crippen LogP contribution in [0.3, 0.4) is 0 Å². The molecule has 11 heavy (non-hydrogen) atoms. The van der Waals surface area contributed by atoms with Crippen LogP contribution in [0.5, 0.6) is 0 Å². The molecule has 64 valence electrons. The number of carbonyl (C=O) groups is 1. The molecular formula is C6H8F3NO. The van der Waals surface area contributed by atoms with Gasteiger partial charge in [-0.2, -0.15) is 0 Å². The summed E-state index contributed by atoms with van der Waals surface area (Å²) in [5, 5.41) is 0. The summed E-state index contributed by atoms with van der Waals surface area (Å²) < 4.78 is 35.7. The fourth-order valence-electron chi connectivity index (χ4n) is 1.07. The predicted octanol–water partition coefficient (Wildman–Crippen LogP) is 1.37. The summed E-state index contributed by atoms with van der Waals surface area (Å²) in [6.45, 7) is 1.32. The van der Waals surface area contributed by atoms with E-state index in [0.717, 1.165) is 0 Å². The Balaban J connectivity index is 2.70. The Hall–Kier alpha value is -0.740. The molecule has 2 nitrogen and oxygen atoms in total. The number of rotatable bonds is 0. The van der Waals surface area contributed by atoms with Crippen molar-refractivity contribution in [1.82, 2.24) is 4.90 Å². The van der Waals surface area contributed by atoms with Crippen molar-refractivity contribution in [3.63, 3.8) is 0 Å². The maximum absolute atomic E-state index is 11.9. The third-order valence-corrected chi connectivity index (χ3v) is 1.78. The van der Waals surface area contributed by atoms with E-state index < -0.39 is 18.1 Å². The minimum Gasteiger partial charge on any atom is -0.274 e. The molecule has 0 spiro atoms. The van der Waals surface area contributed by atoms with Gasteiger partial charge >= 0.3 is 6.30 Å². The van der Waals surface area contributed by atoms with Gasteiger partial charge in [0.15, 0.2) is 0 Å². The molecule has 1 aliphatic rings. The van der Waals surface area contributed by atoms with Crippen molar-refractivity contribution in [2.24, 2.45) is 5.92 Å². The Morgan fingerprint density at radius 1 is 1.55 bits per heavy atom. The predicted molar refractivity (Wildman–Crippen MR) is 31.5 cm³/mol. The SMILES string of the molecule is C[C@@H]1CCN(C(F)(F)F)C1=O. The Morgan fingerprint density at radius 3 is 2.27 bits per heavy atom. The van der Waals surface area contributed by atoms with E-state index in [0.29, 0.717) is 6.42 Å². The van der Waals surface area contributed by atoms with Crippen LogP contribution in [-0.4, -0.2) is 23.7 Å². The van der Waals surface area contributed by atoms with E-state index in [1.54, 1.807) is 0 Å². The normalized spacial score (nSPS) is 26.4. The van der Waals surface area contributed by atoms with E-state index >= 15 is 0 Å². The van der Waals surface area contributed by atoms with Crippen LogP contribution >= 0.6 is 0 Å². The Kier molecular flexibility index (Phi) is 1.82. The summed E-state index contributed by atoms with van der Waals surface area (Å²) in [5.41, 5.74) is 0. The molecule has 0 saturated carbocycles. The lowest BCUT2D eigenvalue weighted by Crippen LogP contribution is -2.39. The lowest BCUT2D eigenvalue weighted by molar-refractivity contribution is -0.235. The van der Waals surface area contributed by atoms with Gasteiger partial charge in [0.25, 0.3) is 0 Å². The summed E-state index contributed by atoms with van der Waals surface area (Å²) in [6.07, 6.45) is -4.18. The van der Waals surface area contributed by atoms with Crippen molar-refractivity contribution >= 4 is 5.91 Å². The van der Waals surface area contributed by atoms with Gasteiger partial charge < -0.3 is 0 Å². The van der Waals surface area contributed by atoms with Gasteiger partial charge in [0.05, 0.1) is 0 Å². The first-order valence-corrected chi connectivity index (χ1v) is 3.31. The highest BCUT2D eigenvalue weighted by Crippen LogP contribution is 2.29. The summed E-state index contributed by atoms with van der Waals surface area (Å²) >= 11 is 0. The largest absolute Gasteiger partial charge is 0.487 e. The van der Waals surface area contributed by atoms with Crippen molar-refractivity contribution in [2.75, 3.05) is 6.54 Å². The van der Waals surface area contributed by atoms with Crippen LogP contribution in [-0.2, 0) is 4.79 Å². The van der Waals surface area contributed by atoms with Crippen LogP contribution in [0.2, 0.25) is 0 Å². The van der Waals surface area contributed by atoms with E-state index in [1.165, 1.54) is 6.92 Å². The third-order valence-electron chi connectivity index (χ3n) is 1.78. The van der Waals surface area contributed by atoms with Gasteiger partial charge in [-0.25, -0.2) is 0 Å². The first-order valence-electron chi connectivity index (χ1n) is 3.31. The Morgan fingerprint density at radius 2 is 2.09 bits per heavy atom. The van der Waals surface area contributed by atoms with Gasteiger partial charge in [0.1, 0.15) is 0 Å². The third kappa shape index (κ3) is 1.46. The average Bonchev–Trinajstić information content (AvgIpc) is 2.11. The minimum atomic E-state index is -4.48. The molecular weight excluding hydrogens is 159 g/mol. The van der Waals surface area contributed by atoms with Gasteiger partial charge in [-0.05, 0) is 6.42 Å². The summed E-state index contributed by atoms with van der Waals surface area (Å²) in [7, 11) is 0. The summed E-state index contributed by atoms with van der Waals surface area (Å²) in [5.74, 6) is -1.28. The molecule has 1 atom stereocenters. The molecule has 0 bridgehead atoms. The number of nitrogens with zero attached hydrogens (tertiary/aromatic N) is 1. The van der Waals surface area contributed by atoms with Crippen LogP contribution in [0, 0.1) is 5.92 Å². The maximum atomic E-state index is 11.9. The van der Waals surface area contributed by atoms with Crippen LogP contribution in [0.25, 0.3) is 0 Å². The van der Waals surface area contributed by atoms with E-state index in [1.807, 2.05) is 0 Å². The maximum Gasteiger partial charge on any atom is 0.487 e. The quantitative estimate of drug-likeness (QED) is 0.499. The molecule has 0 radical (unpaired) electrons. The van der Waals surface area contributed by atoms with Crippen LogP contribution < -0.4 is 0 Å². The second-order valence-electron chi connectivity index (χ2n) is 2.65. The molecule has 0 unspecified atom stereocenters. The number of alkyl halides is 3. The molecule has 0 aliphatic carbocycles. The lowest BCUT2D eigenvalue weighted by Gasteiger charge is -2.18. The Bertz CT molecular complexity index is 177. The monoisotopic (exact) mass is 167 g/mol. The van der Waals surface area contributed by atoms with E-state index in [-0.39, 0.29) is 11.4 Å². The molecule has 0 aromatic heterocycles. The van der Waals surface area contributed by atoms with E-state index in [9.17, 15) is 18.0 Å². The molecule has 0 aromatic carbocycles. The number of hydrogen-bond donors (Lipinski definition) is 0. The highest BCUT2D eigenvalue weighted by molar-refractivity contribution is 5.80. The van der Waals surface area contributed by atoms with E-state index in [4.69, 9.17) is 0 Å². The molecule has 0 N–H and O–H groups in total. The highest BCUT2D eigenvalue weighted by atomic mass is 19.4. The zero-order valence-electron chi connectivity index (χ0n) is 5.98. The molecule has 1 aliphatic heterocycles. The van der Waals surface area contributed by atoms with Crippen molar-refractivity contribution < 1.29 is 18.0 Å². The molecule has 1 heterocycles. The summed E-state index contributed by atoms with van der Waals surface area (Å²) in [4.78, 5) is 10.7. The van der Waals surface area contributed by atoms with Gasteiger partial charge in [-0.3, -0.25) is 9.69 Å². The van der Waals surface area contributed by atoms with Gasteiger partial charge in [0.2, 0.25) is 5.91 Å². The smallest absolute Gasteiger partial charge is 0.274 e. The minimum absolute atomic E-state index is 0.0301. The van der Waals surface area contributed by atoms with Crippen molar-refractivity contribution in [1.29, 1.82) is 0 Å². The molecule has 1 fully saturated rings. The average molecular weight is 167 g/mol. The lowest BCUT2D eigenvalue weighted by atomic mass is 10.1. The van der Waals surface area contributed by atoms with Gasteiger partial charge in [0, 0.05) is 12.5 Å². The fourth-order valence-corrected chi connectivity index (χ4v) is 1.07. The molecule has 1 saturated heterocycles. The first-order chi connectivity index (χ1) is 4.93. The number of halogens is 3. The van der Waals surface area contributed by atoms with Crippen LogP contribution in [0.4, 0.5) is 13.2 Å². The fraction of sp³-hybridized carbons (Fsp3) is 0.833. The molecule has 0 aromatic rings. The van der Waals surface area contributed by atoms with Gasteiger partial charge in [-0.1, -0.05) is 6.92 Å². The van der Waals surface area contributed by atoms with Crippen LogP contribution in [0.1, 0.15) is 13.3 Å². The van der Waals surface area contributed by atoms with Crippen molar-refractivity contribution in [2.45, 2.75) is 19.6 Å². The second-order valence-corrected chi connectivity index (χ2v) is 2.65. The molecule has 5 heteroatoms. The standard InChI is InChI=1S/C6H8F3NO/c1-4-2-3-10(5(4)11)6(7,8)9/h4H,2-3H2,1H3/t4-/m1/s1. The van der Waals surface area contributed by atoms with Crippen molar-refractivity contribution in [3.8, 4) is 0 Å². The molecule has 1 amide bonds.